The Morgan fingerprint density at radius 3 is 3.00 bits per heavy atom. The fraction of sp³-hybridized carbons (Fsp3) is 0.700. The van der Waals surface area contributed by atoms with Crippen LogP contribution >= 0.6 is 0 Å². The van der Waals surface area contributed by atoms with E-state index in [-0.39, 0.29) is 0 Å². The zero-order chi connectivity index (χ0) is 10.4. The molecule has 5 heteroatoms. The summed E-state index contributed by atoms with van der Waals surface area (Å²) in [6, 6.07) is 0.390. The molecule has 2 bridgehead atoms. The van der Waals surface area contributed by atoms with Gasteiger partial charge in [0.1, 0.15) is 0 Å². The van der Waals surface area contributed by atoms with Crippen LogP contribution in [0.4, 0.5) is 11.5 Å². The monoisotopic (exact) mass is 208 g/mol. The van der Waals surface area contributed by atoms with Crippen molar-refractivity contribution in [3.05, 3.63) is 6.20 Å². The van der Waals surface area contributed by atoms with Crippen LogP contribution in [0.15, 0.2) is 6.20 Å². The SMILES string of the molecule is Cn1cc(N)c(NC2CC3CCC2O3)n1. The first-order chi connectivity index (χ1) is 7.22. The number of ether oxygens (including phenoxy) is 1. The van der Waals surface area contributed by atoms with Crippen LogP contribution in [0.3, 0.4) is 0 Å². The first-order valence-electron chi connectivity index (χ1n) is 5.43. The molecular weight excluding hydrogens is 192 g/mol. The van der Waals surface area contributed by atoms with Crippen molar-refractivity contribution in [1.29, 1.82) is 0 Å². The first kappa shape index (κ1) is 9.03. The zero-order valence-corrected chi connectivity index (χ0v) is 8.81. The van der Waals surface area contributed by atoms with E-state index in [1.165, 1.54) is 6.42 Å². The molecule has 3 heterocycles. The minimum atomic E-state index is 0.358. The van der Waals surface area contributed by atoms with Gasteiger partial charge in [0, 0.05) is 13.2 Å². The maximum Gasteiger partial charge on any atom is 0.171 e. The van der Waals surface area contributed by atoms with Crippen LogP contribution in [0, 0.1) is 0 Å². The van der Waals surface area contributed by atoms with Crippen molar-refractivity contribution in [2.75, 3.05) is 11.1 Å². The van der Waals surface area contributed by atoms with E-state index in [4.69, 9.17) is 10.5 Å². The van der Waals surface area contributed by atoms with Crippen LogP contribution in [-0.4, -0.2) is 28.0 Å². The Morgan fingerprint density at radius 2 is 2.47 bits per heavy atom. The van der Waals surface area contributed by atoms with Gasteiger partial charge in [-0.15, -0.1) is 0 Å². The van der Waals surface area contributed by atoms with Crippen molar-refractivity contribution in [2.24, 2.45) is 7.05 Å². The minimum absolute atomic E-state index is 0.358. The van der Waals surface area contributed by atoms with Gasteiger partial charge in [-0.05, 0) is 19.3 Å². The predicted octanol–water partition coefficient (Wildman–Crippen LogP) is 0.734. The first-order valence-corrected chi connectivity index (χ1v) is 5.43. The third kappa shape index (κ3) is 1.47. The average Bonchev–Trinajstić information content (AvgIpc) is 2.83. The highest BCUT2D eigenvalue weighted by Crippen LogP contribution is 2.36. The summed E-state index contributed by atoms with van der Waals surface area (Å²) in [4.78, 5) is 0. The van der Waals surface area contributed by atoms with Crippen molar-refractivity contribution in [1.82, 2.24) is 9.78 Å². The van der Waals surface area contributed by atoms with Gasteiger partial charge in [0.15, 0.2) is 5.82 Å². The van der Waals surface area contributed by atoms with Gasteiger partial charge in [0.05, 0.1) is 23.9 Å². The Balaban J connectivity index is 1.73. The van der Waals surface area contributed by atoms with Crippen LogP contribution in [0.5, 0.6) is 0 Å². The molecule has 1 aromatic heterocycles. The van der Waals surface area contributed by atoms with E-state index in [2.05, 4.69) is 10.4 Å². The van der Waals surface area contributed by atoms with Gasteiger partial charge in [0.25, 0.3) is 0 Å². The van der Waals surface area contributed by atoms with E-state index in [9.17, 15) is 0 Å². The van der Waals surface area contributed by atoms with Gasteiger partial charge in [-0.25, -0.2) is 0 Å². The molecule has 2 saturated heterocycles. The molecule has 3 N–H and O–H groups in total. The molecule has 0 aliphatic carbocycles. The summed E-state index contributed by atoms with van der Waals surface area (Å²) in [7, 11) is 1.87. The lowest BCUT2D eigenvalue weighted by Crippen LogP contribution is -2.30. The topological polar surface area (TPSA) is 65.1 Å². The lowest BCUT2D eigenvalue weighted by atomic mass is 9.95. The van der Waals surface area contributed by atoms with E-state index in [1.54, 1.807) is 4.68 Å². The largest absolute Gasteiger partial charge is 0.394 e. The molecule has 0 aromatic carbocycles. The van der Waals surface area contributed by atoms with Crippen molar-refractivity contribution in [3.63, 3.8) is 0 Å². The highest BCUT2D eigenvalue weighted by atomic mass is 16.5. The Labute approximate surface area is 88.6 Å². The van der Waals surface area contributed by atoms with E-state index in [0.29, 0.717) is 23.9 Å². The second-order valence-corrected chi connectivity index (χ2v) is 4.47. The van der Waals surface area contributed by atoms with Crippen molar-refractivity contribution < 1.29 is 4.74 Å². The zero-order valence-electron chi connectivity index (χ0n) is 8.81. The number of nitrogen functional groups attached to an aromatic ring is 1. The number of nitrogens with two attached hydrogens (primary N) is 1. The van der Waals surface area contributed by atoms with Gasteiger partial charge in [-0.2, -0.15) is 5.10 Å². The molecule has 1 aromatic rings. The second-order valence-electron chi connectivity index (χ2n) is 4.47. The lowest BCUT2D eigenvalue weighted by Gasteiger charge is -2.19. The third-order valence-corrected chi connectivity index (χ3v) is 3.29. The van der Waals surface area contributed by atoms with Crippen LogP contribution in [0.25, 0.3) is 0 Å². The van der Waals surface area contributed by atoms with Gasteiger partial charge < -0.3 is 15.8 Å². The van der Waals surface area contributed by atoms with Crippen LogP contribution in [0.2, 0.25) is 0 Å². The summed E-state index contributed by atoms with van der Waals surface area (Å²) in [5.41, 5.74) is 6.54. The molecular formula is C10H16N4O. The van der Waals surface area contributed by atoms with E-state index in [0.717, 1.165) is 18.7 Å². The molecule has 0 amide bonds. The molecule has 3 unspecified atom stereocenters. The number of aryl methyl sites for hydroxylation is 1. The number of anilines is 2. The van der Waals surface area contributed by atoms with Gasteiger partial charge >= 0.3 is 0 Å². The standard InChI is InChI=1S/C10H16N4O/c1-14-5-7(11)10(13-14)12-8-4-6-2-3-9(8)15-6/h5-6,8-9H,2-4,11H2,1H3,(H,12,13). The number of fused-ring (bicyclic) bond motifs is 2. The average molecular weight is 208 g/mol. The Morgan fingerprint density at radius 1 is 1.60 bits per heavy atom. The van der Waals surface area contributed by atoms with Crippen molar-refractivity contribution >= 4 is 11.5 Å². The number of hydrogen-bond donors (Lipinski definition) is 2. The molecule has 2 aliphatic heterocycles. The molecule has 0 saturated carbocycles. The predicted molar refractivity (Wildman–Crippen MR) is 57.5 cm³/mol. The summed E-state index contributed by atoms with van der Waals surface area (Å²) in [6.45, 7) is 0. The maximum atomic E-state index is 5.83. The molecule has 0 spiro atoms. The molecule has 0 radical (unpaired) electrons. The number of aromatic nitrogens is 2. The van der Waals surface area contributed by atoms with Crippen molar-refractivity contribution in [2.45, 2.75) is 37.5 Å². The van der Waals surface area contributed by atoms with E-state index < -0.39 is 0 Å². The Kier molecular flexibility index (Phi) is 1.88. The normalized spacial score (nSPS) is 33.5. The summed E-state index contributed by atoms with van der Waals surface area (Å²) in [5, 5.41) is 7.66. The molecule has 2 aliphatic rings. The number of rotatable bonds is 2. The van der Waals surface area contributed by atoms with Crippen LogP contribution in [-0.2, 0) is 11.8 Å². The quantitative estimate of drug-likeness (QED) is 0.752. The molecule has 82 valence electrons. The van der Waals surface area contributed by atoms with Gasteiger partial charge in [-0.1, -0.05) is 0 Å². The molecule has 3 atom stereocenters. The molecule has 2 fully saturated rings. The maximum absolute atomic E-state index is 5.83. The summed E-state index contributed by atoms with van der Waals surface area (Å²) < 4.78 is 7.49. The van der Waals surface area contributed by atoms with Crippen molar-refractivity contribution in [3.8, 4) is 0 Å². The molecule has 3 rings (SSSR count). The van der Waals surface area contributed by atoms with E-state index >= 15 is 0 Å². The number of hydrogen-bond acceptors (Lipinski definition) is 4. The fourth-order valence-electron chi connectivity index (χ4n) is 2.58. The lowest BCUT2D eigenvalue weighted by molar-refractivity contribution is 0.102. The third-order valence-electron chi connectivity index (χ3n) is 3.29. The molecule has 5 nitrogen and oxygen atoms in total. The highest BCUT2D eigenvalue weighted by Gasteiger charge is 2.41. The Hall–Kier alpha value is -1.23. The van der Waals surface area contributed by atoms with Gasteiger partial charge in [-0.3, -0.25) is 4.68 Å². The molecule has 15 heavy (non-hydrogen) atoms. The fourth-order valence-corrected chi connectivity index (χ4v) is 2.58. The summed E-state index contributed by atoms with van der Waals surface area (Å²) in [6.07, 6.45) is 6.08. The minimum Gasteiger partial charge on any atom is -0.394 e. The summed E-state index contributed by atoms with van der Waals surface area (Å²) >= 11 is 0. The second kappa shape index (κ2) is 3.13. The Bertz CT molecular complexity index is 375. The smallest absolute Gasteiger partial charge is 0.171 e. The van der Waals surface area contributed by atoms with Crippen LogP contribution in [0.1, 0.15) is 19.3 Å². The number of nitrogens with zero attached hydrogens (tertiary/aromatic N) is 2. The number of nitrogens with one attached hydrogen (secondary N) is 1. The highest BCUT2D eigenvalue weighted by molar-refractivity contribution is 5.60. The summed E-state index contributed by atoms with van der Waals surface area (Å²) in [5.74, 6) is 0.790. The van der Waals surface area contributed by atoms with Crippen LogP contribution < -0.4 is 11.1 Å². The van der Waals surface area contributed by atoms with E-state index in [1.807, 2.05) is 13.2 Å². The van der Waals surface area contributed by atoms with Gasteiger partial charge in [0.2, 0.25) is 0 Å².